The monoisotopic (exact) mass is 292 g/mol. The molecule has 0 saturated heterocycles. The summed E-state index contributed by atoms with van der Waals surface area (Å²) >= 11 is 0. The van der Waals surface area contributed by atoms with Crippen LogP contribution in [0.25, 0.3) is 22.2 Å². The van der Waals surface area contributed by atoms with E-state index in [1.54, 1.807) is 6.21 Å². The Labute approximate surface area is 130 Å². The molecule has 0 unspecified atom stereocenters. The Balaban J connectivity index is 2.32. The van der Waals surface area contributed by atoms with Gasteiger partial charge in [0.05, 0.1) is 11.9 Å². The molecule has 0 fully saturated rings. The third-order valence-electron chi connectivity index (χ3n) is 3.98. The van der Waals surface area contributed by atoms with E-state index in [0.29, 0.717) is 0 Å². The Hall–Kier alpha value is -2.55. The topological polar surface area (TPSA) is 37.5 Å². The minimum atomic E-state index is 0.959. The van der Waals surface area contributed by atoms with Gasteiger partial charge in [-0.25, -0.2) is 0 Å². The number of aryl methyl sites for hydroxylation is 1. The summed E-state index contributed by atoms with van der Waals surface area (Å²) in [5.41, 5.74) is 4.42. The van der Waals surface area contributed by atoms with Gasteiger partial charge in [-0.05, 0) is 18.1 Å². The van der Waals surface area contributed by atoms with Crippen molar-refractivity contribution in [1.29, 1.82) is 0 Å². The van der Waals surface area contributed by atoms with Crippen LogP contribution in [0, 0.1) is 0 Å². The molecule has 112 valence electrons. The molecule has 3 aromatic rings. The molecule has 1 aromatic heterocycles. The first-order chi connectivity index (χ1) is 10.9. The van der Waals surface area contributed by atoms with Gasteiger partial charge in [0.1, 0.15) is 0 Å². The first-order valence-corrected chi connectivity index (χ1v) is 7.71. The van der Waals surface area contributed by atoms with Gasteiger partial charge in [0.25, 0.3) is 0 Å². The van der Waals surface area contributed by atoms with Gasteiger partial charge in [-0.1, -0.05) is 67.0 Å². The minimum absolute atomic E-state index is 0.959. The van der Waals surface area contributed by atoms with Gasteiger partial charge in [-0.15, -0.1) is 0 Å². The lowest BCUT2D eigenvalue weighted by atomic mass is 10.1. The van der Waals surface area contributed by atoms with Crippen LogP contribution in [0.2, 0.25) is 0 Å². The summed E-state index contributed by atoms with van der Waals surface area (Å²) in [4.78, 5) is 0. The smallest absolute Gasteiger partial charge is 0.0761 e. The molecule has 0 amide bonds. The Bertz CT molecular complexity index is 788. The molecule has 0 radical (unpaired) electrons. The van der Waals surface area contributed by atoms with Crippen LogP contribution in [0.1, 0.15) is 25.3 Å². The van der Waals surface area contributed by atoms with Gasteiger partial charge in [0, 0.05) is 23.0 Å². The highest BCUT2D eigenvalue weighted by molar-refractivity contribution is 6.06. The Morgan fingerprint density at radius 1 is 1.05 bits per heavy atom. The van der Waals surface area contributed by atoms with Crippen molar-refractivity contribution in [2.24, 2.45) is 5.16 Å². The zero-order valence-corrected chi connectivity index (χ0v) is 12.7. The van der Waals surface area contributed by atoms with Crippen LogP contribution in [0.3, 0.4) is 0 Å². The van der Waals surface area contributed by atoms with E-state index in [-0.39, 0.29) is 0 Å². The highest BCUT2D eigenvalue weighted by Crippen LogP contribution is 2.33. The maximum Gasteiger partial charge on any atom is 0.0761 e. The highest BCUT2D eigenvalue weighted by atomic mass is 16.4. The zero-order valence-electron chi connectivity index (χ0n) is 12.7. The number of hydrogen-bond acceptors (Lipinski definition) is 2. The largest absolute Gasteiger partial charge is 0.411 e. The van der Waals surface area contributed by atoms with Crippen molar-refractivity contribution in [2.75, 3.05) is 0 Å². The normalized spacial score (nSPS) is 11.5. The summed E-state index contributed by atoms with van der Waals surface area (Å²) in [5.74, 6) is 0. The molecule has 1 N–H and O–H groups in total. The molecular weight excluding hydrogens is 272 g/mol. The number of oxime groups is 1. The molecule has 0 bridgehead atoms. The Morgan fingerprint density at radius 2 is 1.77 bits per heavy atom. The number of rotatable bonds is 5. The van der Waals surface area contributed by atoms with Crippen molar-refractivity contribution in [3.63, 3.8) is 0 Å². The van der Waals surface area contributed by atoms with Gasteiger partial charge in [0.2, 0.25) is 0 Å². The molecular formula is C19H20N2O. The second kappa shape index (κ2) is 6.48. The Morgan fingerprint density at radius 3 is 2.50 bits per heavy atom. The number of benzene rings is 2. The van der Waals surface area contributed by atoms with Gasteiger partial charge < -0.3 is 9.77 Å². The summed E-state index contributed by atoms with van der Waals surface area (Å²) < 4.78 is 2.34. The average molecular weight is 292 g/mol. The number of para-hydroxylation sites is 1. The van der Waals surface area contributed by atoms with Crippen LogP contribution in [-0.4, -0.2) is 16.0 Å². The number of fused-ring (bicyclic) bond motifs is 1. The SMILES string of the molecule is CCCCn1c(-c2ccccc2)c(C=NO)c2ccccc21. The van der Waals surface area contributed by atoms with Crippen LogP contribution in [0.5, 0.6) is 0 Å². The van der Waals surface area contributed by atoms with Crippen molar-refractivity contribution in [3.8, 4) is 11.3 Å². The van der Waals surface area contributed by atoms with E-state index in [2.05, 4.69) is 47.0 Å². The van der Waals surface area contributed by atoms with Crippen LogP contribution in [0.4, 0.5) is 0 Å². The molecule has 0 aliphatic heterocycles. The van der Waals surface area contributed by atoms with Gasteiger partial charge in [-0.3, -0.25) is 0 Å². The molecule has 0 atom stereocenters. The third-order valence-corrected chi connectivity index (χ3v) is 3.98. The summed E-state index contributed by atoms with van der Waals surface area (Å²) in [6.07, 6.45) is 3.81. The van der Waals surface area contributed by atoms with Crippen LogP contribution in [0.15, 0.2) is 59.8 Å². The van der Waals surface area contributed by atoms with Crippen molar-refractivity contribution in [3.05, 3.63) is 60.2 Å². The lowest BCUT2D eigenvalue weighted by molar-refractivity contribution is 0.322. The summed E-state index contributed by atoms with van der Waals surface area (Å²) in [5, 5.41) is 13.5. The van der Waals surface area contributed by atoms with Crippen molar-refractivity contribution < 1.29 is 5.21 Å². The minimum Gasteiger partial charge on any atom is -0.411 e. The van der Waals surface area contributed by atoms with Crippen LogP contribution >= 0.6 is 0 Å². The van der Waals surface area contributed by atoms with E-state index in [1.807, 2.05) is 24.3 Å². The first-order valence-electron chi connectivity index (χ1n) is 7.71. The summed E-state index contributed by atoms with van der Waals surface area (Å²) in [7, 11) is 0. The predicted molar refractivity (Wildman–Crippen MR) is 91.7 cm³/mol. The van der Waals surface area contributed by atoms with Gasteiger partial charge >= 0.3 is 0 Å². The quantitative estimate of drug-likeness (QED) is 0.404. The summed E-state index contributed by atoms with van der Waals surface area (Å²) in [6, 6.07) is 18.6. The number of hydrogen-bond donors (Lipinski definition) is 1. The average Bonchev–Trinajstić information content (AvgIpc) is 2.88. The van der Waals surface area contributed by atoms with Crippen molar-refractivity contribution in [2.45, 2.75) is 26.3 Å². The van der Waals surface area contributed by atoms with Gasteiger partial charge in [-0.2, -0.15) is 0 Å². The molecule has 3 rings (SSSR count). The van der Waals surface area contributed by atoms with Crippen molar-refractivity contribution in [1.82, 2.24) is 4.57 Å². The molecule has 0 aliphatic carbocycles. The zero-order chi connectivity index (χ0) is 15.4. The lowest BCUT2D eigenvalue weighted by Crippen LogP contribution is -2.01. The van der Waals surface area contributed by atoms with Crippen molar-refractivity contribution >= 4 is 17.1 Å². The fourth-order valence-electron chi connectivity index (χ4n) is 2.97. The maximum absolute atomic E-state index is 9.10. The lowest BCUT2D eigenvalue weighted by Gasteiger charge is -2.11. The molecule has 0 spiro atoms. The van der Waals surface area contributed by atoms with E-state index in [9.17, 15) is 0 Å². The second-order valence-electron chi connectivity index (χ2n) is 5.40. The van der Waals surface area contributed by atoms with Crippen LogP contribution in [-0.2, 0) is 6.54 Å². The standard InChI is InChI=1S/C19H20N2O/c1-2-3-13-21-18-12-8-7-11-16(18)17(14-20-22)19(21)15-9-5-4-6-10-15/h4-12,14,22H,2-3,13H2,1H3. The fraction of sp³-hybridized carbons (Fsp3) is 0.211. The van der Waals surface area contributed by atoms with Crippen LogP contribution < -0.4 is 0 Å². The number of aromatic nitrogens is 1. The molecule has 3 nitrogen and oxygen atoms in total. The highest BCUT2D eigenvalue weighted by Gasteiger charge is 2.16. The van der Waals surface area contributed by atoms with E-state index in [0.717, 1.165) is 41.6 Å². The maximum atomic E-state index is 9.10. The van der Waals surface area contributed by atoms with Gasteiger partial charge in [0.15, 0.2) is 0 Å². The molecule has 22 heavy (non-hydrogen) atoms. The Kier molecular flexibility index (Phi) is 4.24. The molecule has 1 heterocycles. The first kappa shape index (κ1) is 14.4. The number of unbranched alkanes of at least 4 members (excludes halogenated alkanes) is 1. The summed E-state index contributed by atoms with van der Waals surface area (Å²) in [6.45, 7) is 3.16. The molecule has 0 saturated carbocycles. The van der Waals surface area contributed by atoms with E-state index in [4.69, 9.17) is 5.21 Å². The molecule has 0 aliphatic rings. The third kappa shape index (κ3) is 2.50. The fourth-order valence-corrected chi connectivity index (χ4v) is 2.97. The second-order valence-corrected chi connectivity index (χ2v) is 5.40. The number of nitrogens with zero attached hydrogens (tertiary/aromatic N) is 2. The molecule has 3 heteroatoms. The van der Waals surface area contributed by atoms with E-state index < -0.39 is 0 Å². The molecule has 2 aromatic carbocycles. The van der Waals surface area contributed by atoms with E-state index >= 15 is 0 Å². The predicted octanol–water partition coefficient (Wildman–Crippen LogP) is 4.92. The van der Waals surface area contributed by atoms with E-state index in [1.165, 1.54) is 5.52 Å².